The molecular formula is C5H10O3. The molecular weight excluding hydrogens is 108 g/mol. The summed E-state index contributed by atoms with van der Waals surface area (Å²) in [5.41, 5.74) is 0. The summed E-state index contributed by atoms with van der Waals surface area (Å²) in [6.45, 7) is 2.95. The van der Waals surface area contributed by atoms with Crippen LogP contribution in [0.2, 0.25) is 0 Å². The van der Waals surface area contributed by atoms with Crippen LogP contribution in [0, 0.1) is 0 Å². The van der Waals surface area contributed by atoms with Crippen LogP contribution in [0.5, 0.6) is 0 Å². The standard InChI is InChI=1S/C3H6O2.C2H4O/c4-1-3-2-5-3;1-2-3-1/h3-4H,1-2H2;1-2H2. The van der Waals surface area contributed by atoms with Crippen LogP contribution in [0.4, 0.5) is 0 Å². The first-order chi connectivity index (χ1) is 3.93. The van der Waals surface area contributed by atoms with E-state index in [0.717, 1.165) is 19.8 Å². The van der Waals surface area contributed by atoms with Gasteiger partial charge < -0.3 is 14.6 Å². The third-order valence-electron chi connectivity index (χ3n) is 0.810. The highest BCUT2D eigenvalue weighted by molar-refractivity contribution is 4.65. The van der Waals surface area contributed by atoms with E-state index in [1.807, 2.05) is 0 Å². The van der Waals surface area contributed by atoms with E-state index in [9.17, 15) is 0 Å². The quantitative estimate of drug-likeness (QED) is 0.467. The lowest BCUT2D eigenvalue weighted by molar-refractivity contribution is 0.244. The molecule has 0 radical (unpaired) electrons. The van der Waals surface area contributed by atoms with Crippen LogP contribution in [-0.4, -0.2) is 37.6 Å². The average Bonchev–Trinajstić information content (AvgIpc) is 2.65. The number of hydrogen-bond acceptors (Lipinski definition) is 3. The molecule has 2 fully saturated rings. The second kappa shape index (κ2) is 3.02. The molecule has 0 aromatic heterocycles. The van der Waals surface area contributed by atoms with Gasteiger partial charge in [0.15, 0.2) is 0 Å². The second-order valence-electron chi connectivity index (χ2n) is 1.75. The summed E-state index contributed by atoms with van der Waals surface area (Å²) >= 11 is 0. The second-order valence-corrected chi connectivity index (χ2v) is 1.75. The fourth-order valence-electron chi connectivity index (χ4n) is 0.173. The van der Waals surface area contributed by atoms with Crippen molar-refractivity contribution in [3.05, 3.63) is 0 Å². The van der Waals surface area contributed by atoms with E-state index in [1.165, 1.54) is 0 Å². The van der Waals surface area contributed by atoms with Crippen LogP contribution in [0.25, 0.3) is 0 Å². The Balaban J connectivity index is 0.0000000907. The predicted molar refractivity (Wildman–Crippen MR) is 27.6 cm³/mol. The van der Waals surface area contributed by atoms with Gasteiger partial charge in [-0.1, -0.05) is 0 Å². The number of aliphatic hydroxyl groups is 1. The van der Waals surface area contributed by atoms with Crippen LogP contribution >= 0.6 is 0 Å². The minimum absolute atomic E-state index is 0.190. The van der Waals surface area contributed by atoms with Gasteiger partial charge in [0, 0.05) is 0 Å². The summed E-state index contributed by atoms with van der Waals surface area (Å²) < 4.78 is 9.11. The molecule has 2 rings (SSSR count). The van der Waals surface area contributed by atoms with Gasteiger partial charge in [-0.05, 0) is 0 Å². The van der Waals surface area contributed by atoms with E-state index in [4.69, 9.17) is 5.11 Å². The maximum absolute atomic E-state index is 8.08. The molecule has 2 heterocycles. The van der Waals surface area contributed by atoms with E-state index in [2.05, 4.69) is 9.47 Å². The van der Waals surface area contributed by atoms with Gasteiger partial charge >= 0.3 is 0 Å². The molecule has 0 spiro atoms. The normalized spacial score (nSPS) is 30.4. The molecule has 3 heteroatoms. The Morgan fingerprint density at radius 2 is 2.00 bits per heavy atom. The van der Waals surface area contributed by atoms with Crippen molar-refractivity contribution in [2.45, 2.75) is 6.10 Å². The summed E-state index contributed by atoms with van der Waals surface area (Å²) in [5.74, 6) is 0. The van der Waals surface area contributed by atoms with Gasteiger partial charge in [0.1, 0.15) is 6.10 Å². The van der Waals surface area contributed by atoms with Crippen molar-refractivity contribution < 1.29 is 14.6 Å². The van der Waals surface area contributed by atoms with E-state index < -0.39 is 0 Å². The number of aliphatic hydroxyl groups excluding tert-OH is 1. The number of rotatable bonds is 1. The molecule has 0 saturated carbocycles. The van der Waals surface area contributed by atoms with Crippen LogP contribution in [0.3, 0.4) is 0 Å². The van der Waals surface area contributed by atoms with Gasteiger partial charge in [-0.25, -0.2) is 0 Å². The molecule has 2 aliphatic rings. The van der Waals surface area contributed by atoms with Crippen LogP contribution in [0.15, 0.2) is 0 Å². The molecule has 0 aromatic rings. The van der Waals surface area contributed by atoms with Crippen molar-refractivity contribution in [2.24, 2.45) is 0 Å². The van der Waals surface area contributed by atoms with Gasteiger partial charge in [-0.3, -0.25) is 0 Å². The predicted octanol–water partition coefficient (Wildman–Crippen LogP) is -0.606. The van der Waals surface area contributed by atoms with Crippen LogP contribution in [-0.2, 0) is 9.47 Å². The number of ether oxygens (including phenoxy) is 2. The summed E-state index contributed by atoms with van der Waals surface area (Å²) in [6.07, 6.45) is 0.190. The lowest BCUT2D eigenvalue weighted by Crippen LogP contribution is -1.88. The monoisotopic (exact) mass is 118 g/mol. The van der Waals surface area contributed by atoms with Crippen LogP contribution in [0.1, 0.15) is 0 Å². The molecule has 2 aliphatic heterocycles. The zero-order chi connectivity index (χ0) is 5.82. The first-order valence-electron chi connectivity index (χ1n) is 2.73. The molecule has 8 heavy (non-hydrogen) atoms. The fraction of sp³-hybridized carbons (Fsp3) is 1.00. The van der Waals surface area contributed by atoms with Crippen molar-refractivity contribution in [3.8, 4) is 0 Å². The van der Waals surface area contributed by atoms with Crippen molar-refractivity contribution in [3.63, 3.8) is 0 Å². The maximum Gasteiger partial charge on any atom is 0.104 e. The molecule has 1 N–H and O–H groups in total. The number of hydrogen-bond donors (Lipinski definition) is 1. The average molecular weight is 118 g/mol. The third kappa shape index (κ3) is 4.05. The van der Waals surface area contributed by atoms with Gasteiger partial charge in [0.05, 0.1) is 26.4 Å². The molecule has 0 bridgehead atoms. The van der Waals surface area contributed by atoms with Crippen molar-refractivity contribution >= 4 is 0 Å². The van der Waals surface area contributed by atoms with E-state index in [-0.39, 0.29) is 12.7 Å². The van der Waals surface area contributed by atoms with Crippen molar-refractivity contribution in [1.29, 1.82) is 0 Å². The Morgan fingerprint density at radius 3 is 2.00 bits per heavy atom. The highest BCUT2D eigenvalue weighted by Gasteiger charge is 2.19. The lowest BCUT2D eigenvalue weighted by Gasteiger charge is -1.70. The molecule has 0 amide bonds. The summed E-state index contributed by atoms with van der Waals surface area (Å²) in [5, 5.41) is 8.08. The summed E-state index contributed by atoms with van der Waals surface area (Å²) in [4.78, 5) is 0. The topological polar surface area (TPSA) is 45.3 Å². The Morgan fingerprint density at radius 1 is 1.50 bits per heavy atom. The number of epoxide rings is 2. The first-order valence-corrected chi connectivity index (χ1v) is 2.73. The fourth-order valence-corrected chi connectivity index (χ4v) is 0.173. The SMILES string of the molecule is C1CO1.OCC1CO1. The molecule has 0 aliphatic carbocycles. The lowest BCUT2D eigenvalue weighted by atomic mass is 10.5. The van der Waals surface area contributed by atoms with Crippen LogP contribution < -0.4 is 0 Å². The van der Waals surface area contributed by atoms with Gasteiger partial charge in [-0.2, -0.15) is 0 Å². The molecule has 0 aromatic carbocycles. The molecule has 48 valence electrons. The maximum atomic E-state index is 8.08. The zero-order valence-electron chi connectivity index (χ0n) is 4.67. The third-order valence-corrected chi connectivity index (χ3v) is 0.810. The Hall–Kier alpha value is -0.120. The van der Waals surface area contributed by atoms with Crippen molar-refractivity contribution in [1.82, 2.24) is 0 Å². The first kappa shape index (κ1) is 6.01. The molecule has 3 nitrogen and oxygen atoms in total. The Bertz CT molecular complexity index is 55.9. The Kier molecular flexibility index (Phi) is 2.27. The highest BCUT2D eigenvalue weighted by atomic mass is 16.6. The van der Waals surface area contributed by atoms with Gasteiger partial charge in [0.2, 0.25) is 0 Å². The minimum atomic E-state index is 0.190. The van der Waals surface area contributed by atoms with Gasteiger partial charge in [0.25, 0.3) is 0 Å². The van der Waals surface area contributed by atoms with Crippen molar-refractivity contribution in [2.75, 3.05) is 26.4 Å². The molecule has 1 unspecified atom stereocenters. The zero-order valence-corrected chi connectivity index (χ0v) is 4.67. The summed E-state index contributed by atoms with van der Waals surface area (Å²) in [7, 11) is 0. The van der Waals surface area contributed by atoms with E-state index >= 15 is 0 Å². The smallest absolute Gasteiger partial charge is 0.104 e. The highest BCUT2D eigenvalue weighted by Crippen LogP contribution is 2.04. The molecule has 1 atom stereocenters. The van der Waals surface area contributed by atoms with E-state index in [1.54, 1.807) is 0 Å². The van der Waals surface area contributed by atoms with E-state index in [0.29, 0.717) is 0 Å². The summed E-state index contributed by atoms with van der Waals surface area (Å²) in [6, 6.07) is 0. The molecule has 2 saturated heterocycles. The largest absolute Gasteiger partial charge is 0.394 e. The Labute approximate surface area is 48.2 Å². The minimum Gasteiger partial charge on any atom is -0.394 e. The van der Waals surface area contributed by atoms with Gasteiger partial charge in [-0.15, -0.1) is 0 Å².